The highest BCUT2D eigenvalue weighted by molar-refractivity contribution is 5.99. The van der Waals surface area contributed by atoms with Gasteiger partial charge in [0.2, 0.25) is 53.2 Å². The van der Waals surface area contributed by atoms with Crippen LogP contribution >= 0.6 is 0 Å². The third-order valence-corrected chi connectivity index (χ3v) is 16.1. The van der Waals surface area contributed by atoms with Gasteiger partial charge in [0, 0.05) is 59.3 Å². The average Bonchev–Trinajstić information content (AvgIpc) is 1.91. The maximum atomic E-state index is 14.7. The molecule has 5 fully saturated rings. The lowest BCUT2D eigenvalue weighted by molar-refractivity contribution is -0.151. The first-order valence-electron chi connectivity index (χ1n) is 30.2. The van der Waals surface area contributed by atoms with Crippen LogP contribution in [0.25, 0.3) is 0 Å². The van der Waals surface area contributed by atoms with E-state index in [2.05, 4.69) is 36.2 Å². The highest BCUT2D eigenvalue weighted by atomic mass is 16.4. The summed E-state index contributed by atoms with van der Waals surface area (Å²) in [4.78, 5) is 168. The molecule has 0 bridgehead atoms. The van der Waals surface area contributed by atoms with Crippen molar-refractivity contribution in [1.29, 1.82) is 0 Å². The minimum absolute atomic E-state index is 0.0321. The Labute approximate surface area is 507 Å². The Morgan fingerprint density at radius 2 is 0.759 bits per heavy atom. The molecule has 0 saturated carbocycles. The summed E-state index contributed by atoms with van der Waals surface area (Å²) >= 11 is 0. The molecule has 0 aromatic rings. The molecular weight excluding hydrogens is 1130 g/mol. The van der Waals surface area contributed by atoms with Gasteiger partial charge in [-0.25, -0.2) is 4.79 Å². The topological polar surface area (TPSA) is 512 Å². The molecule has 32 heteroatoms. The fraction of sp³-hybridized carbons (Fsp3) is 0.745. The molecule has 0 aromatic carbocycles. The zero-order valence-electron chi connectivity index (χ0n) is 50.9. The van der Waals surface area contributed by atoms with Crippen LogP contribution in [0.4, 0.5) is 0 Å². The molecule has 87 heavy (non-hydrogen) atoms. The second kappa shape index (κ2) is 34.3. The van der Waals surface area contributed by atoms with E-state index in [0.717, 1.165) is 6.92 Å². The molecule has 5 aliphatic heterocycles. The number of aliphatic carboxylic acids is 2. The summed E-state index contributed by atoms with van der Waals surface area (Å²) < 4.78 is 0. The molecule has 5 saturated heterocycles. The fourth-order valence-electron chi connectivity index (χ4n) is 11.6. The van der Waals surface area contributed by atoms with Crippen LogP contribution < -0.4 is 61.4 Å². The number of hydrogen-bond acceptors (Lipinski definition) is 15. The standard InChI is InChI=1S/C53H91N19O11.C2H4O2/c1-29(2)39(54)48(80)71-27-11-19-37(71)47(79)70-26-10-18-36(70)45(77)69-25-9-17-35(69)44(76)67-40(30(3)4)49(81)72-28-12-20-38(72)46(78)68-24-8-16-34(68)43(75)65-32(14-6-22-62-52(57)58)41(73)64-31(13-5-21-61-51(55)56)42(74)66-33(50(82)83)15-7-23-63-53(59)60;1-2(3)4/h29-40H,5-28,54H2,1-4H3,(H,64,73)(H,65,75)(H,66,74)(H,67,76)(H,82,83)(H4,55,56,61)(H4,57,58,62)(H4,59,60,63);1H3,(H,3,4). The van der Waals surface area contributed by atoms with Gasteiger partial charge in [-0.2, -0.15) is 0 Å². The summed E-state index contributed by atoms with van der Waals surface area (Å²) in [6, 6.07) is -10.4. The Balaban J connectivity index is 0.00000392. The normalized spacial score (nSPS) is 21.6. The Morgan fingerprint density at radius 1 is 0.448 bits per heavy atom. The number of carboxylic acids is 2. The van der Waals surface area contributed by atoms with Crippen molar-refractivity contribution in [2.24, 2.45) is 66.9 Å². The zero-order valence-corrected chi connectivity index (χ0v) is 50.9. The highest BCUT2D eigenvalue weighted by Crippen LogP contribution is 2.31. The van der Waals surface area contributed by atoms with E-state index in [1.54, 1.807) is 18.7 Å². The van der Waals surface area contributed by atoms with Crippen LogP contribution in [0.2, 0.25) is 0 Å². The second-order valence-electron chi connectivity index (χ2n) is 23.3. The number of guanidine groups is 3. The van der Waals surface area contributed by atoms with E-state index >= 15 is 0 Å². The number of nitrogens with zero attached hydrogens (tertiary/aromatic N) is 8. The molecule has 5 heterocycles. The van der Waals surface area contributed by atoms with E-state index in [-0.39, 0.29) is 132 Å². The van der Waals surface area contributed by atoms with Gasteiger partial charge in [-0.15, -0.1) is 0 Å². The van der Waals surface area contributed by atoms with E-state index < -0.39 is 114 Å². The Hall–Kier alpha value is -8.06. The quantitative estimate of drug-likeness (QED) is 0.0201. The van der Waals surface area contributed by atoms with Gasteiger partial charge >= 0.3 is 5.97 Å². The van der Waals surface area contributed by atoms with Crippen molar-refractivity contribution in [1.82, 2.24) is 45.8 Å². The summed E-state index contributed by atoms with van der Waals surface area (Å²) in [6.07, 6.45) is 4.67. The van der Waals surface area contributed by atoms with E-state index in [0.29, 0.717) is 64.5 Å². The van der Waals surface area contributed by atoms with Crippen LogP contribution in [-0.4, -0.2) is 230 Å². The molecule has 0 aliphatic carbocycles. The lowest BCUT2D eigenvalue weighted by Gasteiger charge is -2.36. The lowest BCUT2D eigenvalue weighted by Crippen LogP contribution is -2.60. The highest BCUT2D eigenvalue weighted by Gasteiger charge is 2.48. The summed E-state index contributed by atoms with van der Waals surface area (Å²) in [5, 5.41) is 28.2. The van der Waals surface area contributed by atoms with Gasteiger partial charge < -0.3 is 96.1 Å². The first-order chi connectivity index (χ1) is 41.1. The molecule has 488 valence electrons. The van der Waals surface area contributed by atoms with Crippen molar-refractivity contribution in [3.63, 3.8) is 0 Å². The van der Waals surface area contributed by atoms with Gasteiger partial charge in [0.1, 0.15) is 54.4 Å². The Bertz CT molecular complexity index is 2530. The van der Waals surface area contributed by atoms with Gasteiger partial charge in [-0.1, -0.05) is 27.7 Å². The molecule has 5 rings (SSSR count). The number of amides is 9. The number of carbonyl (C=O) groups is 11. The maximum absolute atomic E-state index is 14.7. The van der Waals surface area contributed by atoms with Crippen molar-refractivity contribution in [2.45, 2.75) is 198 Å². The van der Waals surface area contributed by atoms with Gasteiger partial charge in [0.15, 0.2) is 17.9 Å². The Kier molecular flexibility index (Phi) is 28.2. The first-order valence-corrected chi connectivity index (χ1v) is 30.2. The Morgan fingerprint density at radius 3 is 1.13 bits per heavy atom. The van der Waals surface area contributed by atoms with Crippen molar-refractivity contribution in [3.8, 4) is 0 Å². The molecule has 32 nitrogen and oxygen atoms in total. The van der Waals surface area contributed by atoms with E-state index in [1.807, 2.05) is 13.8 Å². The van der Waals surface area contributed by atoms with E-state index in [9.17, 15) is 53.1 Å². The summed E-state index contributed by atoms with van der Waals surface area (Å²) in [6.45, 7) is 9.87. The second-order valence-corrected chi connectivity index (χ2v) is 23.3. The van der Waals surface area contributed by atoms with E-state index in [1.165, 1.54) is 19.6 Å². The zero-order chi connectivity index (χ0) is 64.8. The summed E-state index contributed by atoms with van der Waals surface area (Å²) in [7, 11) is 0. The van der Waals surface area contributed by atoms with Crippen LogP contribution in [0.3, 0.4) is 0 Å². The van der Waals surface area contributed by atoms with Crippen molar-refractivity contribution in [3.05, 3.63) is 0 Å². The van der Waals surface area contributed by atoms with Crippen molar-refractivity contribution < 1.29 is 63.0 Å². The monoisotopic (exact) mass is 1230 g/mol. The van der Waals surface area contributed by atoms with Gasteiger partial charge in [-0.3, -0.25) is 62.9 Å². The van der Waals surface area contributed by atoms with Gasteiger partial charge in [-0.05, 0) is 115 Å². The lowest BCUT2D eigenvalue weighted by atomic mass is 10.0. The smallest absolute Gasteiger partial charge is 0.326 e. The van der Waals surface area contributed by atoms with Crippen LogP contribution in [0.15, 0.2) is 15.0 Å². The number of aliphatic imine (C=N–C) groups is 3. The third-order valence-electron chi connectivity index (χ3n) is 16.1. The predicted molar refractivity (Wildman–Crippen MR) is 320 cm³/mol. The minimum Gasteiger partial charge on any atom is -0.481 e. The number of nitrogens with one attached hydrogen (secondary N) is 4. The van der Waals surface area contributed by atoms with Gasteiger partial charge in [0.25, 0.3) is 5.97 Å². The number of carbonyl (C=O) groups excluding carboxylic acids is 9. The average molecular weight is 1230 g/mol. The SMILES string of the molecule is CC(=O)O.CC(C)C(N)C(=O)N1CCCC1C(=O)N1CCCC1C(=O)N1CCCC1C(=O)NC(C(=O)N1CCCC1C(=O)N1CCCC1C(=O)NC(CCCN=C(N)N)C(=O)NC(CCCN=C(N)N)C(=O)NC(CCCN=C(N)N)C(=O)O)C(C)C. The number of nitrogens with two attached hydrogens (primary N) is 7. The molecule has 0 aromatic heterocycles. The number of rotatable bonds is 28. The summed E-state index contributed by atoms with van der Waals surface area (Å²) in [5.41, 5.74) is 39.0. The maximum Gasteiger partial charge on any atom is 0.326 e. The van der Waals surface area contributed by atoms with Gasteiger partial charge in [0.05, 0.1) is 6.04 Å². The number of likely N-dealkylation sites (tertiary alicyclic amines) is 5. The minimum atomic E-state index is -1.38. The molecular formula is C55H95N19O13. The third kappa shape index (κ3) is 20.8. The molecule has 10 unspecified atom stereocenters. The summed E-state index contributed by atoms with van der Waals surface area (Å²) in [5.74, 6) is -8.17. The molecule has 9 amide bonds. The number of carboxylic acid groups (broad SMARTS) is 2. The van der Waals surface area contributed by atoms with Crippen LogP contribution in [0.1, 0.15) is 137 Å². The molecule has 5 aliphatic rings. The van der Waals surface area contributed by atoms with Crippen LogP contribution in [-0.2, 0) is 52.7 Å². The largest absolute Gasteiger partial charge is 0.481 e. The van der Waals surface area contributed by atoms with Crippen molar-refractivity contribution in [2.75, 3.05) is 52.4 Å². The fourth-order valence-corrected chi connectivity index (χ4v) is 11.6. The first kappa shape index (κ1) is 71.4. The number of hydrogen-bond donors (Lipinski definition) is 13. The molecule has 0 radical (unpaired) electrons. The van der Waals surface area contributed by atoms with Crippen LogP contribution in [0, 0.1) is 11.8 Å². The van der Waals surface area contributed by atoms with E-state index in [4.69, 9.17) is 50.0 Å². The molecule has 20 N–H and O–H groups in total. The van der Waals surface area contributed by atoms with Crippen LogP contribution in [0.5, 0.6) is 0 Å². The van der Waals surface area contributed by atoms with Crippen molar-refractivity contribution >= 4 is 83.0 Å². The molecule has 10 atom stereocenters. The predicted octanol–water partition coefficient (Wildman–Crippen LogP) is -4.14. The molecule has 0 spiro atoms.